The molecule has 2 atom stereocenters. The standard InChI is InChI=1S/C18H21NO3S/c1-13-7-6-8-15(11-13)12-23(21)14(2)18(20)19-16-9-4-5-10-17(16)22-3/h4-11,14H,12H2,1-3H3,(H,19,20)/t14-,23+/m0/s1. The third-order valence-corrected chi connectivity index (χ3v) is 5.14. The number of nitrogens with one attached hydrogen (secondary N) is 1. The molecule has 2 aromatic carbocycles. The van der Waals surface area contributed by atoms with Crippen molar-refractivity contribution in [3.05, 3.63) is 59.7 Å². The van der Waals surface area contributed by atoms with E-state index in [0.717, 1.165) is 11.1 Å². The van der Waals surface area contributed by atoms with E-state index in [2.05, 4.69) is 5.32 Å². The molecule has 4 nitrogen and oxygen atoms in total. The van der Waals surface area contributed by atoms with Crippen LogP contribution in [0, 0.1) is 6.92 Å². The molecule has 0 aliphatic rings. The van der Waals surface area contributed by atoms with Gasteiger partial charge in [-0.05, 0) is 31.5 Å². The zero-order chi connectivity index (χ0) is 16.8. The number of carbonyl (C=O) groups is 1. The SMILES string of the molecule is COc1ccccc1NC(=O)[C@H](C)[S@](=O)Cc1cccc(C)c1. The first-order chi connectivity index (χ1) is 11.0. The predicted molar refractivity (Wildman–Crippen MR) is 94.1 cm³/mol. The Morgan fingerprint density at radius 2 is 1.96 bits per heavy atom. The summed E-state index contributed by atoms with van der Waals surface area (Å²) in [6, 6.07) is 15.0. The van der Waals surface area contributed by atoms with Crippen molar-refractivity contribution in [2.24, 2.45) is 0 Å². The number of methoxy groups -OCH3 is 1. The van der Waals surface area contributed by atoms with Crippen molar-refractivity contribution in [1.29, 1.82) is 0 Å². The van der Waals surface area contributed by atoms with Gasteiger partial charge in [-0.2, -0.15) is 0 Å². The molecule has 0 bridgehead atoms. The molecule has 0 aliphatic carbocycles. The van der Waals surface area contributed by atoms with Crippen molar-refractivity contribution in [2.45, 2.75) is 24.9 Å². The smallest absolute Gasteiger partial charge is 0.239 e. The molecule has 122 valence electrons. The predicted octanol–water partition coefficient (Wildman–Crippen LogP) is 3.28. The number of carbonyl (C=O) groups excluding carboxylic acids is 1. The van der Waals surface area contributed by atoms with Crippen LogP contribution in [0.2, 0.25) is 0 Å². The van der Waals surface area contributed by atoms with Gasteiger partial charge in [0.1, 0.15) is 11.0 Å². The number of aryl methyl sites for hydroxylation is 1. The highest BCUT2D eigenvalue weighted by Gasteiger charge is 2.21. The van der Waals surface area contributed by atoms with E-state index in [1.54, 1.807) is 26.2 Å². The summed E-state index contributed by atoms with van der Waals surface area (Å²) in [6.07, 6.45) is 0. The Morgan fingerprint density at radius 1 is 1.22 bits per heavy atom. The molecule has 0 saturated heterocycles. The zero-order valence-corrected chi connectivity index (χ0v) is 14.4. The lowest BCUT2D eigenvalue weighted by molar-refractivity contribution is -0.115. The Morgan fingerprint density at radius 3 is 2.65 bits per heavy atom. The summed E-state index contributed by atoms with van der Waals surface area (Å²) in [5, 5.41) is 2.17. The highest BCUT2D eigenvalue weighted by atomic mass is 32.2. The van der Waals surface area contributed by atoms with Crippen LogP contribution in [0.4, 0.5) is 5.69 Å². The molecule has 0 radical (unpaired) electrons. The Bertz CT molecular complexity index is 715. The number of ether oxygens (including phenoxy) is 1. The van der Waals surface area contributed by atoms with Gasteiger partial charge in [-0.25, -0.2) is 0 Å². The maximum Gasteiger partial charge on any atom is 0.239 e. The number of anilines is 1. The quantitative estimate of drug-likeness (QED) is 0.884. The summed E-state index contributed by atoms with van der Waals surface area (Å²) in [5.74, 6) is 0.667. The van der Waals surface area contributed by atoms with Gasteiger partial charge in [-0.15, -0.1) is 0 Å². The average Bonchev–Trinajstić information content (AvgIpc) is 2.54. The van der Waals surface area contributed by atoms with Gasteiger partial charge in [-0.3, -0.25) is 9.00 Å². The van der Waals surface area contributed by atoms with E-state index >= 15 is 0 Å². The van der Waals surface area contributed by atoms with Crippen LogP contribution in [0.3, 0.4) is 0 Å². The number of amides is 1. The molecule has 1 amide bonds. The second-order valence-electron chi connectivity index (χ2n) is 5.35. The lowest BCUT2D eigenvalue weighted by Crippen LogP contribution is -2.29. The van der Waals surface area contributed by atoms with Gasteiger partial charge in [0.05, 0.1) is 12.8 Å². The second-order valence-corrected chi connectivity index (χ2v) is 7.10. The maximum atomic E-state index is 12.4. The molecule has 0 aliphatic heterocycles. The van der Waals surface area contributed by atoms with E-state index in [1.807, 2.05) is 43.3 Å². The number of para-hydroxylation sites is 2. The average molecular weight is 331 g/mol. The Hall–Kier alpha value is -2.14. The van der Waals surface area contributed by atoms with Gasteiger partial charge in [0.15, 0.2) is 0 Å². The van der Waals surface area contributed by atoms with Crippen LogP contribution in [-0.2, 0) is 21.3 Å². The lowest BCUT2D eigenvalue weighted by atomic mass is 10.2. The molecule has 1 N–H and O–H groups in total. The van der Waals surface area contributed by atoms with Crippen molar-refractivity contribution >= 4 is 22.4 Å². The summed E-state index contributed by atoms with van der Waals surface area (Å²) < 4.78 is 17.6. The molecular formula is C18H21NO3S. The van der Waals surface area contributed by atoms with Crippen LogP contribution < -0.4 is 10.1 Å². The van der Waals surface area contributed by atoms with Crippen molar-refractivity contribution < 1.29 is 13.7 Å². The molecule has 0 saturated carbocycles. The molecule has 0 spiro atoms. The van der Waals surface area contributed by atoms with Crippen LogP contribution >= 0.6 is 0 Å². The molecule has 5 heteroatoms. The fourth-order valence-electron chi connectivity index (χ4n) is 2.19. The minimum absolute atomic E-state index is 0.277. The van der Waals surface area contributed by atoms with E-state index in [0.29, 0.717) is 17.2 Å². The van der Waals surface area contributed by atoms with Crippen molar-refractivity contribution in [2.75, 3.05) is 12.4 Å². The lowest BCUT2D eigenvalue weighted by Gasteiger charge is -2.14. The zero-order valence-electron chi connectivity index (χ0n) is 13.5. The largest absolute Gasteiger partial charge is 0.495 e. The fourth-order valence-corrected chi connectivity index (χ4v) is 3.25. The van der Waals surface area contributed by atoms with Crippen LogP contribution in [0.5, 0.6) is 5.75 Å². The maximum absolute atomic E-state index is 12.4. The van der Waals surface area contributed by atoms with Gasteiger partial charge < -0.3 is 10.1 Å². The summed E-state index contributed by atoms with van der Waals surface area (Å²) in [6.45, 7) is 3.67. The van der Waals surface area contributed by atoms with E-state index < -0.39 is 16.0 Å². The third-order valence-electron chi connectivity index (χ3n) is 3.52. The number of benzene rings is 2. The summed E-state index contributed by atoms with van der Waals surface area (Å²) in [7, 11) is 0.257. The minimum atomic E-state index is -1.29. The van der Waals surface area contributed by atoms with Gasteiger partial charge in [0.25, 0.3) is 0 Å². The minimum Gasteiger partial charge on any atom is -0.495 e. The van der Waals surface area contributed by atoms with E-state index in [4.69, 9.17) is 4.74 Å². The molecule has 23 heavy (non-hydrogen) atoms. The fraction of sp³-hybridized carbons (Fsp3) is 0.278. The first-order valence-corrected chi connectivity index (χ1v) is 8.76. The van der Waals surface area contributed by atoms with Crippen LogP contribution in [0.15, 0.2) is 48.5 Å². The molecular weight excluding hydrogens is 310 g/mol. The monoisotopic (exact) mass is 331 g/mol. The number of rotatable bonds is 6. The van der Waals surface area contributed by atoms with Gasteiger partial charge in [-0.1, -0.05) is 42.0 Å². The van der Waals surface area contributed by atoms with Crippen LogP contribution in [0.25, 0.3) is 0 Å². The van der Waals surface area contributed by atoms with Crippen molar-refractivity contribution in [3.8, 4) is 5.75 Å². The summed E-state index contributed by atoms with van der Waals surface area (Å²) in [4.78, 5) is 12.3. The molecule has 0 fully saturated rings. The topological polar surface area (TPSA) is 55.4 Å². The van der Waals surface area contributed by atoms with Crippen molar-refractivity contribution in [3.63, 3.8) is 0 Å². The first kappa shape index (κ1) is 17.2. The molecule has 2 aromatic rings. The Balaban J connectivity index is 2.02. The highest BCUT2D eigenvalue weighted by molar-refractivity contribution is 7.85. The molecule has 0 aromatic heterocycles. The number of hydrogen-bond acceptors (Lipinski definition) is 3. The highest BCUT2D eigenvalue weighted by Crippen LogP contribution is 2.23. The van der Waals surface area contributed by atoms with E-state index in [9.17, 15) is 9.00 Å². The summed E-state index contributed by atoms with van der Waals surface area (Å²) >= 11 is 0. The van der Waals surface area contributed by atoms with Crippen LogP contribution in [-0.4, -0.2) is 22.5 Å². The molecule has 2 rings (SSSR count). The Kier molecular flexibility index (Phi) is 5.93. The number of hydrogen-bond donors (Lipinski definition) is 1. The summed E-state index contributed by atoms with van der Waals surface area (Å²) in [5.41, 5.74) is 2.67. The van der Waals surface area contributed by atoms with Gasteiger partial charge in [0.2, 0.25) is 5.91 Å². The second kappa shape index (κ2) is 7.92. The van der Waals surface area contributed by atoms with E-state index in [1.165, 1.54) is 0 Å². The van der Waals surface area contributed by atoms with Gasteiger partial charge in [0, 0.05) is 16.6 Å². The van der Waals surface area contributed by atoms with Gasteiger partial charge >= 0.3 is 0 Å². The Labute approximate surface area is 139 Å². The molecule has 0 heterocycles. The van der Waals surface area contributed by atoms with Crippen molar-refractivity contribution in [1.82, 2.24) is 0 Å². The third kappa shape index (κ3) is 4.66. The normalized spacial score (nSPS) is 13.2. The first-order valence-electron chi connectivity index (χ1n) is 7.38. The molecule has 0 unspecified atom stereocenters. The van der Waals surface area contributed by atoms with E-state index in [-0.39, 0.29) is 5.91 Å². The van der Waals surface area contributed by atoms with Crippen LogP contribution in [0.1, 0.15) is 18.1 Å².